The highest BCUT2D eigenvalue weighted by Gasteiger charge is 2.04. The molecule has 0 saturated heterocycles. The molecule has 0 fully saturated rings. The van der Waals surface area contributed by atoms with Crippen LogP contribution in [0.1, 0.15) is 23.6 Å². The Hall–Kier alpha value is -2.38. The van der Waals surface area contributed by atoms with Gasteiger partial charge in [-0.15, -0.1) is 0 Å². The summed E-state index contributed by atoms with van der Waals surface area (Å²) in [6, 6.07) is 13.6. The number of benzene rings is 2. The van der Waals surface area contributed by atoms with Gasteiger partial charge < -0.3 is 9.84 Å². The molecule has 4 heteroatoms. The average Bonchev–Trinajstić information content (AvgIpc) is 2.47. The molecule has 1 N–H and O–H groups in total. The van der Waals surface area contributed by atoms with Crippen molar-refractivity contribution in [3.63, 3.8) is 0 Å². The van der Waals surface area contributed by atoms with Crippen LogP contribution < -0.4 is 4.74 Å². The molecule has 0 heterocycles. The Labute approximate surface area is 123 Å². The van der Waals surface area contributed by atoms with Crippen LogP contribution in [0.4, 0.5) is 4.39 Å². The molecule has 3 nitrogen and oxygen atoms in total. The van der Waals surface area contributed by atoms with E-state index in [1.165, 1.54) is 12.1 Å². The fraction of sp³-hybridized carbons (Fsp3) is 0.235. The molecule has 2 aromatic rings. The van der Waals surface area contributed by atoms with Gasteiger partial charge in [0.25, 0.3) is 0 Å². The topological polar surface area (TPSA) is 53.2 Å². The van der Waals surface area contributed by atoms with E-state index in [1.54, 1.807) is 19.1 Å². The van der Waals surface area contributed by atoms with Gasteiger partial charge in [-0.2, -0.15) is 5.26 Å². The highest BCUT2D eigenvalue weighted by Crippen LogP contribution is 2.16. The molecule has 1 atom stereocenters. The van der Waals surface area contributed by atoms with Gasteiger partial charge in [-0.25, -0.2) is 4.39 Å². The molecule has 1 unspecified atom stereocenters. The predicted octanol–water partition coefficient (Wildman–Crippen LogP) is 3.20. The van der Waals surface area contributed by atoms with Gasteiger partial charge in [0, 0.05) is 0 Å². The zero-order valence-electron chi connectivity index (χ0n) is 11.7. The third-order valence-electron chi connectivity index (χ3n) is 3.01. The molecular weight excluding hydrogens is 269 g/mol. The van der Waals surface area contributed by atoms with Crippen LogP contribution in [0.2, 0.25) is 0 Å². The molecule has 0 amide bonds. The molecule has 2 aromatic carbocycles. The van der Waals surface area contributed by atoms with Crippen LogP contribution in [-0.4, -0.2) is 11.2 Å². The normalized spacial score (nSPS) is 11.7. The summed E-state index contributed by atoms with van der Waals surface area (Å²) >= 11 is 0. The second kappa shape index (κ2) is 6.87. The molecular formula is C17H16FNO2. The smallest absolute Gasteiger partial charge is 0.140 e. The van der Waals surface area contributed by atoms with Gasteiger partial charge in [0.1, 0.15) is 24.2 Å². The lowest BCUT2D eigenvalue weighted by atomic mass is 10.1. The number of hydrogen-bond donors (Lipinski definition) is 1. The van der Waals surface area contributed by atoms with Crippen LogP contribution >= 0.6 is 0 Å². The molecule has 108 valence electrons. The van der Waals surface area contributed by atoms with Gasteiger partial charge in [0.2, 0.25) is 0 Å². The molecule has 0 aliphatic carbocycles. The van der Waals surface area contributed by atoms with E-state index >= 15 is 0 Å². The number of nitriles is 1. The van der Waals surface area contributed by atoms with E-state index in [0.29, 0.717) is 12.2 Å². The van der Waals surface area contributed by atoms with Crippen molar-refractivity contribution in [3.05, 3.63) is 65.0 Å². The Morgan fingerprint density at radius 1 is 1.19 bits per heavy atom. The Balaban J connectivity index is 1.98. The van der Waals surface area contributed by atoms with E-state index in [1.807, 2.05) is 24.3 Å². The standard InChI is InChI=1S/C17H16FNO2/c1-12(20)8-13-2-5-16(6-3-13)21-11-14-4-7-17(18)15(9-14)10-19/h2-7,9,12,20H,8,11H2,1H3. The first-order valence-electron chi connectivity index (χ1n) is 6.67. The van der Waals surface area contributed by atoms with Crippen LogP contribution in [0.3, 0.4) is 0 Å². The van der Waals surface area contributed by atoms with E-state index in [2.05, 4.69) is 0 Å². The first-order valence-corrected chi connectivity index (χ1v) is 6.67. The molecule has 2 rings (SSSR count). The van der Waals surface area contributed by atoms with E-state index < -0.39 is 5.82 Å². The maximum Gasteiger partial charge on any atom is 0.140 e. The maximum absolute atomic E-state index is 13.2. The first-order chi connectivity index (χ1) is 10.1. The number of nitrogens with zero attached hydrogens (tertiary/aromatic N) is 1. The van der Waals surface area contributed by atoms with Crippen molar-refractivity contribution in [2.24, 2.45) is 0 Å². The highest BCUT2D eigenvalue weighted by molar-refractivity contribution is 5.34. The van der Waals surface area contributed by atoms with Crippen molar-refractivity contribution in [3.8, 4) is 11.8 Å². The number of aliphatic hydroxyl groups is 1. The van der Waals surface area contributed by atoms with Gasteiger partial charge in [-0.05, 0) is 48.7 Å². The minimum absolute atomic E-state index is 0.0170. The summed E-state index contributed by atoms with van der Waals surface area (Å²) in [5.41, 5.74) is 1.79. The monoisotopic (exact) mass is 285 g/mol. The zero-order chi connectivity index (χ0) is 15.2. The Bertz CT molecular complexity index is 645. The third-order valence-corrected chi connectivity index (χ3v) is 3.01. The number of aliphatic hydroxyl groups excluding tert-OH is 1. The Kier molecular flexibility index (Phi) is 4.91. The van der Waals surface area contributed by atoms with Crippen LogP contribution in [0.15, 0.2) is 42.5 Å². The lowest BCUT2D eigenvalue weighted by molar-refractivity contribution is 0.195. The highest BCUT2D eigenvalue weighted by atomic mass is 19.1. The van der Waals surface area contributed by atoms with Crippen LogP contribution in [0.5, 0.6) is 5.75 Å². The van der Waals surface area contributed by atoms with Crippen molar-refractivity contribution in [1.82, 2.24) is 0 Å². The van der Waals surface area contributed by atoms with Crippen molar-refractivity contribution in [1.29, 1.82) is 5.26 Å². The van der Waals surface area contributed by atoms with Crippen LogP contribution in [0.25, 0.3) is 0 Å². The average molecular weight is 285 g/mol. The minimum Gasteiger partial charge on any atom is -0.489 e. The third kappa shape index (κ3) is 4.30. The number of halogens is 1. The predicted molar refractivity (Wildman–Crippen MR) is 77.3 cm³/mol. The number of ether oxygens (including phenoxy) is 1. The second-order valence-electron chi connectivity index (χ2n) is 4.91. The van der Waals surface area contributed by atoms with Gasteiger partial charge in [-0.1, -0.05) is 18.2 Å². The molecule has 0 aromatic heterocycles. The summed E-state index contributed by atoms with van der Waals surface area (Å²) in [7, 11) is 0. The van der Waals surface area contributed by atoms with E-state index in [-0.39, 0.29) is 18.3 Å². The van der Waals surface area contributed by atoms with E-state index in [0.717, 1.165) is 11.1 Å². The van der Waals surface area contributed by atoms with Crippen LogP contribution in [0, 0.1) is 17.1 Å². The van der Waals surface area contributed by atoms with Gasteiger partial charge in [-0.3, -0.25) is 0 Å². The number of rotatable bonds is 5. The maximum atomic E-state index is 13.2. The second-order valence-corrected chi connectivity index (χ2v) is 4.91. The zero-order valence-corrected chi connectivity index (χ0v) is 11.7. The summed E-state index contributed by atoms with van der Waals surface area (Å²) in [5, 5.41) is 18.1. The van der Waals surface area contributed by atoms with Crippen molar-refractivity contribution in [2.45, 2.75) is 26.1 Å². The SMILES string of the molecule is CC(O)Cc1ccc(OCc2ccc(F)c(C#N)c2)cc1. The number of hydrogen-bond acceptors (Lipinski definition) is 3. The largest absolute Gasteiger partial charge is 0.489 e. The first kappa shape index (κ1) is 15.0. The van der Waals surface area contributed by atoms with Crippen molar-refractivity contribution >= 4 is 0 Å². The van der Waals surface area contributed by atoms with Gasteiger partial charge >= 0.3 is 0 Å². The minimum atomic E-state index is -0.524. The molecule has 0 spiro atoms. The molecule has 0 aliphatic rings. The van der Waals surface area contributed by atoms with Crippen LogP contribution in [-0.2, 0) is 13.0 Å². The van der Waals surface area contributed by atoms with Crippen molar-refractivity contribution in [2.75, 3.05) is 0 Å². The lowest BCUT2D eigenvalue weighted by Crippen LogP contribution is -2.04. The summed E-state index contributed by atoms with van der Waals surface area (Å²) in [5.74, 6) is 0.163. The fourth-order valence-corrected chi connectivity index (χ4v) is 1.98. The van der Waals surface area contributed by atoms with Crippen molar-refractivity contribution < 1.29 is 14.2 Å². The fourth-order valence-electron chi connectivity index (χ4n) is 1.98. The molecule has 0 radical (unpaired) electrons. The van der Waals surface area contributed by atoms with Gasteiger partial charge in [0.15, 0.2) is 0 Å². The lowest BCUT2D eigenvalue weighted by Gasteiger charge is -2.09. The Morgan fingerprint density at radius 3 is 2.48 bits per heavy atom. The van der Waals surface area contributed by atoms with Gasteiger partial charge in [0.05, 0.1) is 11.7 Å². The quantitative estimate of drug-likeness (QED) is 0.917. The molecule has 0 saturated carbocycles. The summed E-state index contributed by atoms with van der Waals surface area (Å²) in [4.78, 5) is 0. The molecule has 21 heavy (non-hydrogen) atoms. The molecule has 0 bridgehead atoms. The summed E-state index contributed by atoms with van der Waals surface area (Å²) in [6.07, 6.45) is 0.226. The Morgan fingerprint density at radius 2 is 1.86 bits per heavy atom. The van der Waals surface area contributed by atoms with E-state index in [4.69, 9.17) is 10.00 Å². The molecule has 0 aliphatic heterocycles. The van der Waals surface area contributed by atoms with E-state index in [9.17, 15) is 9.50 Å². The summed E-state index contributed by atoms with van der Waals surface area (Å²) in [6.45, 7) is 2.01. The summed E-state index contributed by atoms with van der Waals surface area (Å²) < 4.78 is 18.8.